The molecular formula is C16H28IMgNO2Si. The second-order valence-electron chi connectivity index (χ2n) is 6.22. The number of methoxy groups -OCH3 is 1. The zero-order valence-electron chi connectivity index (χ0n) is 14.9. The number of hydrogen-bond donors (Lipinski definition) is 0. The molecule has 0 atom stereocenters. The summed E-state index contributed by atoms with van der Waals surface area (Å²) in [6.07, 6.45) is 1.79. The molecule has 0 saturated carbocycles. The minimum Gasteiger partial charge on any atom is -1.00 e. The first-order chi connectivity index (χ1) is 9.34. The number of nitrogens with zero attached hydrogens (tertiary/aromatic N) is 1. The summed E-state index contributed by atoms with van der Waals surface area (Å²) in [5, 5.41) is 0. The average Bonchev–Trinajstić information content (AvgIpc) is 2.38. The third-order valence-electron chi connectivity index (χ3n) is 4.12. The van der Waals surface area contributed by atoms with E-state index in [2.05, 4.69) is 52.6 Å². The van der Waals surface area contributed by atoms with Gasteiger partial charge >= 0.3 is 23.1 Å². The second-order valence-corrected chi connectivity index (χ2v) is 11.7. The van der Waals surface area contributed by atoms with Gasteiger partial charge in [-0.25, -0.2) is 0 Å². The Morgan fingerprint density at radius 2 is 1.59 bits per heavy atom. The molecule has 0 spiro atoms. The zero-order valence-corrected chi connectivity index (χ0v) is 19.5. The van der Waals surface area contributed by atoms with E-state index in [0.29, 0.717) is 29.1 Å². The van der Waals surface area contributed by atoms with Gasteiger partial charge in [-0.05, 0) is 16.6 Å². The van der Waals surface area contributed by atoms with Crippen LogP contribution in [-0.4, -0.2) is 43.5 Å². The van der Waals surface area contributed by atoms with Crippen molar-refractivity contribution in [2.45, 2.75) is 64.8 Å². The first kappa shape index (κ1) is 24.9. The van der Waals surface area contributed by atoms with Gasteiger partial charge in [-0.2, -0.15) is 6.07 Å². The van der Waals surface area contributed by atoms with Crippen LogP contribution in [0.3, 0.4) is 0 Å². The third-order valence-corrected chi connectivity index (χ3v) is 10.2. The molecule has 22 heavy (non-hydrogen) atoms. The van der Waals surface area contributed by atoms with Crippen LogP contribution in [0.2, 0.25) is 16.6 Å². The summed E-state index contributed by atoms with van der Waals surface area (Å²) in [6, 6.07) is 4.95. The van der Waals surface area contributed by atoms with E-state index in [0.717, 1.165) is 5.56 Å². The van der Waals surface area contributed by atoms with Crippen LogP contribution in [0.25, 0.3) is 0 Å². The number of halogens is 1. The quantitative estimate of drug-likeness (QED) is 0.359. The van der Waals surface area contributed by atoms with Gasteiger partial charge in [-0.1, -0.05) is 47.7 Å². The van der Waals surface area contributed by atoms with Crippen LogP contribution in [0.5, 0.6) is 5.88 Å². The molecule has 1 heterocycles. The van der Waals surface area contributed by atoms with E-state index < -0.39 is 8.32 Å². The third kappa shape index (κ3) is 5.92. The molecule has 0 saturated heterocycles. The predicted octanol–water partition coefficient (Wildman–Crippen LogP) is 1.21. The Balaban J connectivity index is 0. The van der Waals surface area contributed by atoms with Crippen LogP contribution in [0.4, 0.5) is 0 Å². The molecule has 0 fully saturated rings. The molecular weight excluding hydrogens is 417 g/mol. The normalized spacial score (nSPS) is 11.4. The van der Waals surface area contributed by atoms with Crippen LogP contribution in [0.15, 0.2) is 12.3 Å². The van der Waals surface area contributed by atoms with Gasteiger partial charge in [-0.15, -0.1) is 11.6 Å². The van der Waals surface area contributed by atoms with Gasteiger partial charge in [0.2, 0.25) is 8.32 Å². The smallest absolute Gasteiger partial charge is 1.00 e. The van der Waals surface area contributed by atoms with Gasteiger partial charge in [0.25, 0.3) is 0 Å². The molecule has 1 aromatic heterocycles. The van der Waals surface area contributed by atoms with E-state index in [1.807, 2.05) is 0 Å². The van der Waals surface area contributed by atoms with Crippen LogP contribution < -0.4 is 28.7 Å². The van der Waals surface area contributed by atoms with Gasteiger partial charge < -0.3 is 38.1 Å². The Kier molecular flexibility index (Phi) is 12.7. The molecule has 3 nitrogen and oxygen atoms in total. The first-order valence-corrected chi connectivity index (χ1v) is 9.53. The molecule has 1 aromatic rings. The topological polar surface area (TPSA) is 31.4 Å². The average molecular weight is 446 g/mol. The Morgan fingerprint density at radius 3 is 1.91 bits per heavy atom. The molecule has 0 unspecified atom stereocenters. The molecule has 122 valence electrons. The van der Waals surface area contributed by atoms with Crippen molar-refractivity contribution in [2.75, 3.05) is 7.11 Å². The van der Waals surface area contributed by atoms with E-state index in [4.69, 9.17) is 9.16 Å². The maximum Gasteiger partial charge on any atom is 2.00 e. The summed E-state index contributed by atoms with van der Waals surface area (Å²) < 4.78 is 11.6. The Labute approximate surface area is 170 Å². The molecule has 0 aliphatic rings. The van der Waals surface area contributed by atoms with Gasteiger partial charge in [0.05, 0.1) is 13.0 Å². The van der Waals surface area contributed by atoms with E-state index in [9.17, 15) is 0 Å². The maximum absolute atomic E-state index is 6.50. The van der Waals surface area contributed by atoms with Crippen molar-refractivity contribution in [3.05, 3.63) is 23.9 Å². The number of aromatic nitrogens is 1. The Hall–Kier alpha value is 0.623. The van der Waals surface area contributed by atoms with E-state index in [1.165, 1.54) is 0 Å². The fourth-order valence-electron chi connectivity index (χ4n) is 3.26. The SMILES string of the molecule is COc1c[c-]c(CO[Si](C(C)C)(C(C)C)C(C)C)cn1.[I-].[Mg+2]. The number of ether oxygens (including phenoxy) is 1. The van der Waals surface area contributed by atoms with Gasteiger partial charge in [-0.3, -0.25) is 0 Å². The van der Waals surface area contributed by atoms with Crippen LogP contribution in [-0.2, 0) is 11.0 Å². The maximum atomic E-state index is 6.50. The summed E-state index contributed by atoms with van der Waals surface area (Å²) in [7, 11) is -0.200. The summed E-state index contributed by atoms with van der Waals surface area (Å²) in [5.74, 6) is 0.592. The fraction of sp³-hybridized carbons (Fsp3) is 0.688. The van der Waals surface area contributed by atoms with Crippen molar-refractivity contribution >= 4 is 31.4 Å². The molecule has 0 aliphatic heterocycles. The number of hydrogen-bond acceptors (Lipinski definition) is 3. The molecule has 1 rings (SSSR count). The standard InChI is InChI=1S/C16H28NO2Si.HI.Mg/c1-12(2)20(13(3)4,14(5)6)19-11-15-8-9-16(18-7)17-10-15;;/h9-10,12-14H,11H2,1-7H3;1H;/q-1;;+2/p-1. The molecule has 0 radical (unpaired) electrons. The second kappa shape index (κ2) is 11.2. The van der Waals surface area contributed by atoms with Crippen molar-refractivity contribution < 1.29 is 33.1 Å². The number of pyridine rings is 1. The molecule has 0 amide bonds. The molecule has 0 bridgehead atoms. The monoisotopic (exact) mass is 445 g/mol. The van der Waals surface area contributed by atoms with Gasteiger partial charge in [0.1, 0.15) is 0 Å². The summed E-state index contributed by atoms with van der Waals surface area (Å²) in [6.45, 7) is 14.4. The predicted molar refractivity (Wildman–Crippen MR) is 91.2 cm³/mol. The largest absolute Gasteiger partial charge is 2.00 e. The van der Waals surface area contributed by atoms with Crippen molar-refractivity contribution in [1.29, 1.82) is 0 Å². The molecule has 0 aliphatic carbocycles. The van der Waals surface area contributed by atoms with E-state index in [-0.39, 0.29) is 47.0 Å². The molecule has 0 aromatic carbocycles. The van der Waals surface area contributed by atoms with Gasteiger partial charge in [0, 0.05) is 6.61 Å². The van der Waals surface area contributed by atoms with Crippen LogP contribution in [0.1, 0.15) is 47.1 Å². The van der Waals surface area contributed by atoms with E-state index in [1.54, 1.807) is 19.4 Å². The first-order valence-electron chi connectivity index (χ1n) is 7.39. The number of rotatable bonds is 7. The zero-order chi connectivity index (χ0) is 15.3. The van der Waals surface area contributed by atoms with Crippen LogP contribution >= 0.6 is 0 Å². The van der Waals surface area contributed by atoms with Crippen molar-refractivity contribution in [3.8, 4) is 5.88 Å². The fourth-order valence-corrected chi connectivity index (χ4v) is 8.67. The van der Waals surface area contributed by atoms with Crippen LogP contribution in [0, 0.1) is 6.07 Å². The van der Waals surface area contributed by atoms with Crippen molar-refractivity contribution in [1.82, 2.24) is 4.98 Å². The van der Waals surface area contributed by atoms with Crippen molar-refractivity contribution in [2.24, 2.45) is 0 Å². The summed E-state index contributed by atoms with van der Waals surface area (Å²) in [4.78, 5) is 4.21. The van der Waals surface area contributed by atoms with Crippen molar-refractivity contribution in [3.63, 3.8) is 0 Å². The van der Waals surface area contributed by atoms with Gasteiger partial charge in [0.15, 0.2) is 0 Å². The molecule has 6 heteroatoms. The molecule has 0 N–H and O–H groups in total. The summed E-state index contributed by atoms with van der Waals surface area (Å²) in [5.41, 5.74) is 2.76. The minimum atomic E-state index is -1.81. The summed E-state index contributed by atoms with van der Waals surface area (Å²) >= 11 is 0. The van der Waals surface area contributed by atoms with E-state index >= 15 is 0 Å². The Bertz CT molecular complexity index is 391. The Morgan fingerprint density at radius 1 is 1.09 bits per heavy atom. The minimum absolute atomic E-state index is 0.